The second-order valence-electron chi connectivity index (χ2n) is 3.95. The molecule has 0 fully saturated rings. The number of halogens is 1. The normalized spacial score (nSPS) is 10.8. The summed E-state index contributed by atoms with van der Waals surface area (Å²) in [4.78, 5) is 11.6. The van der Waals surface area contributed by atoms with Gasteiger partial charge in [0.25, 0.3) is 0 Å². The van der Waals surface area contributed by atoms with Crippen molar-refractivity contribution >= 4 is 17.4 Å². The van der Waals surface area contributed by atoms with E-state index in [9.17, 15) is 4.79 Å². The third-order valence-electron chi connectivity index (χ3n) is 2.67. The Morgan fingerprint density at radius 2 is 1.44 bits per heavy atom. The maximum atomic E-state index is 11.6. The van der Waals surface area contributed by atoms with Gasteiger partial charge in [0.2, 0.25) is 0 Å². The summed E-state index contributed by atoms with van der Waals surface area (Å²) in [6.45, 7) is 1.83. The molecule has 0 spiro atoms. The predicted octanol–water partition coefficient (Wildman–Crippen LogP) is 4.77. The molecule has 0 aliphatic rings. The minimum Gasteiger partial charge on any atom is -0.289 e. The van der Waals surface area contributed by atoms with Crippen molar-refractivity contribution in [1.29, 1.82) is 0 Å². The lowest BCUT2D eigenvalue weighted by Gasteiger charge is -2.03. The van der Waals surface area contributed by atoms with E-state index in [1.165, 1.54) is 0 Å². The molecule has 0 saturated heterocycles. The second kappa shape index (κ2) is 5.65. The summed E-state index contributed by atoms with van der Waals surface area (Å²) in [7, 11) is 0. The Balaban J connectivity index is 2.27. The Hall–Kier alpha value is -1.86. The lowest BCUT2D eigenvalue weighted by atomic mass is 10.0. The molecule has 1 nitrogen and oxygen atoms in total. The number of benzene rings is 2. The molecule has 0 saturated carbocycles. The van der Waals surface area contributed by atoms with Crippen LogP contribution in [0, 0.1) is 0 Å². The molecular weight excluding hydrogens is 244 g/mol. The number of rotatable bonds is 3. The molecule has 2 aromatic rings. The summed E-state index contributed by atoms with van der Waals surface area (Å²) in [6.07, 6.45) is 3.31. The van der Waals surface area contributed by atoms with E-state index in [1.807, 2.05) is 55.5 Å². The predicted molar refractivity (Wildman–Crippen MR) is 76.0 cm³/mol. The van der Waals surface area contributed by atoms with Gasteiger partial charge in [-0.3, -0.25) is 4.79 Å². The minimum atomic E-state index is 0.0279. The molecule has 0 atom stereocenters. The molecule has 0 radical (unpaired) electrons. The van der Waals surface area contributed by atoms with Crippen LogP contribution in [0.25, 0.3) is 11.1 Å². The van der Waals surface area contributed by atoms with Crippen molar-refractivity contribution in [2.24, 2.45) is 0 Å². The highest BCUT2D eigenvalue weighted by molar-refractivity contribution is 6.30. The van der Waals surface area contributed by atoms with Gasteiger partial charge in [0.15, 0.2) is 5.78 Å². The van der Waals surface area contributed by atoms with Crippen molar-refractivity contribution in [1.82, 2.24) is 0 Å². The van der Waals surface area contributed by atoms with Crippen molar-refractivity contribution in [2.75, 3.05) is 0 Å². The first-order valence-electron chi connectivity index (χ1n) is 5.74. The average molecular weight is 257 g/mol. The fourth-order valence-corrected chi connectivity index (χ4v) is 1.84. The Morgan fingerprint density at radius 1 is 0.944 bits per heavy atom. The maximum absolute atomic E-state index is 11.6. The first-order valence-corrected chi connectivity index (χ1v) is 6.11. The number of carbonyl (C=O) groups excluding carboxylic acids is 1. The molecule has 0 unspecified atom stereocenters. The van der Waals surface area contributed by atoms with Gasteiger partial charge >= 0.3 is 0 Å². The molecule has 2 heteroatoms. The van der Waals surface area contributed by atoms with Gasteiger partial charge in [0.1, 0.15) is 0 Å². The maximum Gasteiger partial charge on any atom is 0.185 e. The SMILES string of the molecule is CC=CC(=O)c1ccc(-c2ccc(Cl)cc2)cc1. The summed E-state index contributed by atoms with van der Waals surface area (Å²) < 4.78 is 0. The van der Waals surface area contributed by atoms with Crippen LogP contribution in [-0.4, -0.2) is 5.78 Å². The highest BCUT2D eigenvalue weighted by Crippen LogP contribution is 2.22. The van der Waals surface area contributed by atoms with Crippen LogP contribution >= 0.6 is 11.6 Å². The quantitative estimate of drug-likeness (QED) is 0.571. The van der Waals surface area contributed by atoms with Crippen LogP contribution in [0.2, 0.25) is 5.02 Å². The summed E-state index contributed by atoms with van der Waals surface area (Å²) >= 11 is 5.85. The number of allylic oxidation sites excluding steroid dienone is 2. The Kier molecular flexibility index (Phi) is 3.96. The molecule has 0 aliphatic heterocycles. The number of ketones is 1. The van der Waals surface area contributed by atoms with E-state index in [2.05, 4.69) is 0 Å². The van der Waals surface area contributed by atoms with Gasteiger partial charge in [-0.15, -0.1) is 0 Å². The lowest BCUT2D eigenvalue weighted by Crippen LogP contribution is -1.93. The fourth-order valence-electron chi connectivity index (χ4n) is 1.72. The number of carbonyl (C=O) groups is 1. The number of hydrogen-bond donors (Lipinski definition) is 0. The van der Waals surface area contributed by atoms with Gasteiger partial charge < -0.3 is 0 Å². The van der Waals surface area contributed by atoms with Crippen LogP contribution in [0.5, 0.6) is 0 Å². The van der Waals surface area contributed by atoms with E-state index >= 15 is 0 Å². The standard InChI is InChI=1S/C16H13ClO/c1-2-3-16(18)14-6-4-12(5-7-14)13-8-10-15(17)11-9-13/h2-11H,1H3. The highest BCUT2D eigenvalue weighted by atomic mass is 35.5. The van der Waals surface area contributed by atoms with Crippen molar-refractivity contribution in [3.8, 4) is 11.1 Å². The molecule has 2 rings (SSSR count). The average Bonchev–Trinajstić information content (AvgIpc) is 2.40. The van der Waals surface area contributed by atoms with Gasteiger partial charge in [-0.25, -0.2) is 0 Å². The van der Waals surface area contributed by atoms with E-state index in [0.717, 1.165) is 16.1 Å². The lowest BCUT2D eigenvalue weighted by molar-refractivity contribution is 0.104. The fraction of sp³-hybridized carbons (Fsp3) is 0.0625. The van der Waals surface area contributed by atoms with Crippen LogP contribution in [-0.2, 0) is 0 Å². The minimum absolute atomic E-state index is 0.0279. The van der Waals surface area contributed by atoms with Crippen molar-refractivity contribution in [3.05, 3.63) is 71.3 Å². The van der Waals surface area contributed by atoms with Gasteiger partial charge in [-0.2, -0.15) is 0 Å². The van der Waals surface area contributed by atoms with Crippen LogP contribution in [0.15, 0.2) is 60.7 Å². The van der Waals surface area contributed by atoms with Gasteiger partial charge in [-0.05, 0) is 36.3 Å². The monoisotopic (exact) mass is 256 g/mol. The first kappa shape index (κ1) is 12.6. The van der Waals surface area contributed by atoms with E-state index in [4.69, 9.17) is 11.6 Å². The zero-order valence-corrected chi connectivity index (χ0v) is 10.8. The van der Waals surface area contributed by atoms with Crippen LogP contribution in [0.3, 0.4) is 0 Å². The van der Waals surface area contributed by atoms with Crippen LogP contribution in [0.1, 0.15) is 17.3 Å². The summed E-state index contributed by atoms with van der Waals surface area (Å²) in [6, 6.07) is 15.2. The van der Waals surface area contributed by atoms with Crippen molar-refractivity contribution in [2.45, 2.75) is 6.92 Å². The molecule has 0 aromatic heterocycles. The van der Waals surface area contributed by atoms with E-state index in [-0.39, 0.29) is 5.78 Å². The zero-order valence-electron chi connectivity index (χ0n) is 10.1. The summed E-state index contributed by atoms with van der Waals surface area (Å²) in [5, 5.41) is 0.721. The topological polar surface area (TPSA) is 17.1 Å². The molecule has 0 heterocycles. The zero-order chi connectivity index (χ0) is 13.0. The van der Waals surface area contributed by atoms with Gasteiger partial charge in [0, 0.05) is 10.6 Å². The first-order chi connectivity index (χ1) is 8.70. The van der Waals surface area contributed by atoms with Crippen molar-refractivity contribution in [3.63, 3.8) is 0 Å². The van der Waals surface area contributed by atoms with Gasteiger partial charge in [0.05, 0.1) is 0 Å². The Morgan fingerprint density at radius 3 is 1.94 bits per heavy atom. The highest BCUT2D eigenvalue weighted by Gasteiger charge is 2.02. The molecule has 0 bridgehead atoms. The number of hydrogen-bond acceptors (Lipinski definition) is 1. The molecule has 0 amide bonds. The smallest absolute Gasteiger partial charge is 0.185 e. The largest absolute Gasteiger partial charge is 0.289 e. The Bertz CT molecular complexity index is 565. The molecule has 0 aliphatic carbocycles. The molecule has 90 valence electrons. The van der Waals surface area contributed by atoms with E-state index in [0.29, 0.717) is 5.56 Å². The summed E-state index contributed by atoms with van der Waals surface area (Å²) in [5.74, 6) is 0.0279. The van der Waals surface area contributed by atoms with Crippen LogP contribution in [0.4, 0.5) is 0 Å². The second-order valence-corrected chi connectivity index (χ2v) is 4.38. The molecule has 18 heavy (non-hydrogen) atoms. The Labute approximate surface area is 112 Å². The third-order valence-corrected chi connectivity index (χ3v) is 2.92. The molecule has 0 N–H and O–H groups in total. The van der Waals surface area contributed by atoms with E-state index in [1.54, 1.807) is 12.2 Å². The summed E-state index contributed by atoms with van der Waals surface area (Å²) in [5.41, 5.74) is 2.86. The third kappa shape index (κ3) is 2.88. The van der Waals surface area contributed by atoms with Gasteiger partial charge in [-0.1, -0.05) is 54.1 Å². The van der Waals surface area contributed by atoms with Crippen molar-refractivity contribution < 1.29 is 4.79 Å². The molecule has 2 aromatic carbocycles. The van der Waals surface area contributed by atoms with E-state index < -0.39 is 0 Å². The molecular formula is C16H13ClO. The van der Waals surface area contributed by atoms with Crippen LogP contribution < -0.4 is 0 Å².